The van der Waals surface area contributed by atoms with E-state index < -0.39 is 16.1 Å². The SMILES string of the molecule is O=C(CN1C(=O)S/C(=C/c2ccc(-c3ccc([N+](=O)[O-])cc3Cl)o2)C1=O)N1CCOCC1. The molecular weight excluding hydrogens is 462 g/mol. The topological polar surface area (TPSA) is 123 Å². The molecule has 2 fully saturated rings. The van der Waals surface area contributed by atoms with Crippen molar-refractivity contribution in [3.05, 3.63) is 56.1 Å². The zero-order valence-electron chi connectivity index (χ0n) is 16.5. The summed E-state index contributed by atoms with van der Waals surface area (Å²) in [6.45, 7) is 1.36. The van der Waals surface area contributed by atoms with Gasteiger partial charge in [0.1, 0.15) is 18.1 Å². The van der Waals surface area contributed by atoms with Gasteiger partial charge < -0.3 is 14.1 Å². The molecular formula is C20H16ClN3O7S. The monoisotopic (exact) mass is 477 g/mol. The van der Waals surface area contributed by atoms with Gasteiger partial charge in [0.05, 0.1) is 28.1 Å². The number of halogens is 1. The van der Waals surface area contributed by atoms with Crippen molar-refractivity contribution in [2.45, 2.75) is 0 Å². The van der Waals surface area contributed by atoms with Gasteiger partial charge in [-0.1, -0.05) is 11.6 Å². The molecule has 32 heavy (non-hydrogen) atoms. The highest BCUT2D eigenvalue weighted by atomic mass is 35.5. The normalized spacial score (nSPS) is 18.0. The smallest absolute Gasteiger partial charge is 0.294 e. The number of carbonyl (C=O) groups is 3. The van der Waals surface area contributed by atoms with Gasteiger partial charge in [0.2, 0.25) is 5.91 Å². The Hall–Kier alpha value is -3.15. The quantitative estimate of drug-likeness (QED) is 0.364. The van der Waals surface area contributed by atoms with E-state index in [1.54, 1.807) is 17.0 Å². The highest BCUT2D eigenvalue weighted by Gasteiger charge is 2.37. The van der Waals surface area contributed by atoms with Crippen molar-refractivity contribution in [2.24, 2.45) is 0 Å². The minimum atomic E-state index is -0.576. The summed E-state index contributed by atoms with van der Waals surface area (Å²) >= 11 is 6.85. The van der Waals surface area contributed by atoms with Gasteiger partial charge in [-0.25, -0.2) is 0 Å². The van der Waals surface area contributed by atoms with Crippen LogP contribution in [0.2, 0.25) is 5.02 Å². The van der Waals surface area contributed by atoms with Crippen LogP contribution in [0.15, 0.2) is 39.7 Å². The Bertz CT molecular complexity index is 1140. The molecule has 0 N–H and O–H groups in total. The van der Waals surface area contributed by atoms with Gasteiger partial charge in [-0.2, -0.15) is 0 Å². The van der Waals surface area contributed by atoms with E-state index in [1.165, 1.54) is 24.3 Å². The summed E-state index contributed by atoms with van der Waals surface area (Å²) in [6, 6.07) is 7.18. The van der Waals surface area contributed by atoms with Crippen LogP contribution in [0.1, 0.15) is 5.76 Å². The molecule has 10 nitrogen and oxygen atoms in total. The number of imide groups is 1. The van der Waals surface area contributed by atoms with Crippen LogP contribution in [0.4, 0.5) is 10.5 Å². The molecule has 3 amide bonds. The predicted octanol–water partition coefficient (Wildman–Crippen LogP) is 3.40. The average molecular weight is 478 g/mol. The number of amides is 3. The lowest BCUT2D eigenvalue weighted by Crippen LogP contribution is -2.46. The fraction of sp³-hybridized carbons (Fsp3) is 0.250. The molecule has 2 saturated heterocycles. The van der Waals surface area contributed by atoms with Crippen LogP contribution >= 0.6 is 23.4 Å². The van der Waals surface area contributed by atoms with Crippen LogP contribution in [-0.4, -0.2) is 64.6 Å². The van der Waals surface area contributed by atoms with Crippen molar-refractivity contribution in [1.29, 1.82) is 0 Å². The molecule has 0 aliphatic carbocycles. The van der Waals surface area contributed by atoms with Crippen molar-refractivity contribution in [1.82, 2.24) is 9.80 Å². The van der Waals surface area contributed by atoms with Gasteiger partial charge in [0.15, 0.2) is 0 Å². The maximum atomic E-state index is 12.7. The molecule has 2 aliphatic heterocycles. The molecule has 0 spiro atoms. The number of thioether (sulfide) groups is 1. The maximum Gasteiger partial charge on any atom is 0.294 e. The van der Waals surface area contributed by atoms with E-state index in [2.05, 4.69) is 0 Å². The van der Waals surface area contributed by atoms with E-state index in [1.807, 2.05) is 0 Å². The maximum absolute atomic E-state index is 12.7. The lowest BCUT2D eigenvalue weighted by Gasteiger charge is -2.27. The van der Waals surface area contributed by atoms with Crippen LogP contribution < -0.4 is 0 Å². The van der Waals surface area contributed by atoms with Crippen LogP contribution in [0.3, 0.4) is 0 Å². The van der Waals surface area contributed by atoms with Gasteiger partial charge in [-0.3, -0.25) is 29.4 Å². The van der Waals surface area contributed by atoms with E-state index >= 15 is 0 Å². The zero-order chi connectivity index (χ0) is 22.8. The molecule has 0 saturated carbocycles. The number of nitro groups is 1. The van der Waals surface area contributed by atoms with E-state index in [-0.39, 0.29) is 28.1 Å². The molecule has 0 unspecified atom stereocenters. The molecule has 0 radical (unpaired) electrons. The second-order valence-electron chi connectivity index (χ2n) is 6.88. The molecule has 0 atom stereocenters. The largest absolute Gasteiger partial charge is 0.457 e. The number of hydrogen-bond donors (Lipinski definition) is 0. The fourth-order valence-corrected chi connectivity index (χ4v) is 4.29. The third-order valence-electron chi connectivity index (χ3n) is 4.86. The van der Waals surface area contributed by atoms with Crippen molar-refractivity contribution in [3.63, 3.8) is 0 Å². The molecule has 3 heterocycles. The van der Waals surface area contributed by atoms with Gasteiger partial charge in [-0.05, 0) is 30.0 Å². The number of non-ortho nitro benzene ring substituents is 1. The van der Waals surface area contributed by atoms with Crippen LogP contribution in [0.25, 0.3) is 17.4 Å². The lowest BCUT2D eigenvalue weighted by atomic mass is 10.1. The van der Waals surface area contributed by atoms with E-state index in [9.17, 15) is 24.5 Å². The lowest BCUT2D eigenvalue weighted by molar-refractivity contribution is -0.384. The number of hydrogen-bond acceptors (Lipinski definition) is 8. The minimum Gasteiger partial charge on any atom is -0.457 e. The van der Waals surface area contributed by atoms with E-state index in [4.69, 9.17) is 20.8 Å². The summed E-state index contributed by atoms with van der Waals surface area (Å²) in [5.74, 6) is -0.254. The zero-order valence-corrected chi connectivity index (χ0v) is 18.1. The average Bonchev–Trinajstić information content (AvgIpc) is 3.34. The first-order chi connectivity index (χ1) is 15.3. The summed E-state index contributed by atoms with van der Waals surface area (Å²) in [5, 5.41) is 10.5. The number of furan rings is 1. The Morgan fingerprint density at radius 1 is 1.22 bits per heavy atom. The third kappa shape index (κ3) is 4.54. The fourth-order valence-electron chi connectivity index (χ4n) is 3.21. The number of rotatable bonds is 5. The first kappa shape index (κ1) is 22.1. The van der Waals surface area contributed by atoms with Crippen LogP contribution in [0, 0.1) is 10.1 Å². The molecule has 2 aliphatic rings. The highest BCUT2D eigenvalue weighted by Crippen LogP contribution is 2.35. The number of nitro benzene ring substituents is 1. The van der Waals surface area contributed by atoms with Crippen molar-refractivity contribution < 1.29 is 28.5 Å². The molecule has 2 aromatic rings. The Labute approximate surface area is 190 Å². The summed E-state index contributed by atoms with van der Waals surface area (Å²) in [4.78, 5) is 50.2. The van der Waals surface area contributed by atoms with Crippen molar-refractivity contribution >= 4 is 52.2 Å². The van der Waals surface area contributed by atoms with Gasteiger partial charge in [0.25, 0.3) is 16.8 Å². The van der Waals surface area contributed by atoms with Gasteiger partial charge >= 0.3 is 0 Å². The Morgan fingerprint density at radius 2 is 1.97 bits per heavy atom. The molecule has 166 valence electrons. The van der Waals surface area contributed by atoms with Crippen LogP contribution in [0.5, 0.6) is 0 Å². The molecule has 4 rings (SSSR count). The van der Waals surface area contributed by atoms with E-state index in [0.717, 1.165) is 16.7 Å². The first-order valence-electron chi connectivity index (χ1n) is 9.48. The van der Waals surface area contributed by atoms with Gasteiger partial charge in [0, 0.05) is 36.9 Å². The van der Waals surface area contributed by atoms with Crippen molar-refractivity contribution in [2.75, 3.05) is 32.8 Å². The molecule has 0 bridgehead atoms. The summed E-state index contributed by atoms with van der Waals surface area (Å²) in [7, 11) is 0. The third-order valence-corrected chi connectivity index (χ3v) is 6.08. The minimum absolute atomic E-state index is 0.125. The van der Waals surface area contributed by atoms with Crippen LogP contribution in [-0.2, 0) is 14.3 Å². The van der Waals surface area contributed by atoms with E-state index in [0.29, 0.717) is 43.4 Å². The Kier molecular flexibility index (Phi) is 6.31. The summed E-state index contributed by atoms with van der Waals surface area (Å²) in [6.07, 6.45) is 1.41. The number of ether oxygens (including phenoxy) is 1. The molecule has 1 aromatic heterocycles. The highest BCUT2D eigenvalue weighted by molar-refractivity contribution is 8.18. The number of nitrogens with zero attached hydrogens (tertiary/aromatic N) is 3. The van der Waals surface area contributed by atoms with Gasteiger partial charge in [-0.15, -0.1) is 0 Å². The summed E-state index contributed by atoms with van der Waals surface area (Å²) in [5.41, 5.74) is 0.298. The summed E-state index contributed by atoms with van der Waals surface area (Å²) < 4.78 is 10.9. The first-order valence-corrected chi connectivity index (χ1v) is 10.7. The predicted molar refractivity (Wildman–Crippen MR) is 116 cm³/mol. The molecule has 12 heteroatoms. The standard InChI is InChI=1S/C20H16ClN3O7S/c21-15-9-12(24(28)29)1-3-14(15)16-4-2-13(31-16)10-17-19(26)23(20(27)32-17)11-18(25)22-5-7-30-8-6-22/h1-4,9-10H,5-8,11H2/b17-10+. The number of morpholine rings is 1. The Morgan fingerprint density at radius 3 is 2.66 bits per heavy atom. The Balaban J connectivity index is 1.48. The second kappa shape index (κ2) is 9.15. The number of benzene rings is 1. The molecule has 1 aromatic carbocycles. The second-order valence-corrected chi connectivity index (χ2v) is 8.28. The number of carbonyl (C=O) groups excluding carboxylic acids is 3. The van der Waals surface area contributed by atoms with Crippen molar-refractivity contribution in [3.8, 4) is 11.3 Å².